The lowest BCUT2D eigenvalue weighted by Crippen LogP contribution is -2.23. The lowest BCUT2D eigenvalue weighted by Gasteiger charge is -2.08. The molecule has 19 heavy (non-hydrogen) atoms. The molecule has 2 aromatic rings. The summed E-state index contributed by atoms with van der Waals surface area (Å²) in [5.74, 6) is -1.73. The van der Waals surface area contributed by atoms with Crippen molar-refractivity contribution in [2.75, 3.05) is 0 Å². The number of benzene rings is 1. The SMILES string of the molecule is Cc1cnn(Cc2cc(F)ccc2C(=O)O)c(=O)c1. The minimum Gasteiger partial charge on any atom is -0.478 e. The molecule has 2 rings (SSSR count). The molecule has 0 unspecified atom stereocenters. The van der Waals surface area contributed by atoms with Gasteiger partial charge in [0.05, 0.1) is 18.3 Å². The van der Waals surface area contributed by atoms with E-state index in [1.165, 1.54) is 18.3 Å². The number of carboxylic acid groups (broad SMARTS) is 1. The van der Waals surface area contributed by atoms with Gasteiger partial charge in [0.2, 0.25) is 0 Å². The average Bonchev–Trinajstić information content (AvgIpc) is 2.32. The number of halogens is 1. The molecule has 1 aromatic heterocycles. The van der Waals surface area contributed by atoms with Crippen LogP contribution in [0.4, 0.5) is 4.39 Å². The molecule has 0 aliphatic carbocycles. The molecular formula is C13H11FN2O3. The molecule has 1 aromatic carbocycles. The van der Waals surface area contributed by atoms with Crippen molar-refractivity contribution in [3.05, 3.63) is 63.3 Å². The summed E-state index contributed by atoms with van der Waals surface area (Å²) in [5, 5.41) is 12.9. The van der Waals surface area contributed by atoms with E-state index in [4.69, 9.17) is 5.11 Å². The van der Waals surface area contributed by atoms with E-state index in [2.05, 4.69) is 5.10 Å². The van der Waals surface area contributed by atoms with Crippen LogP contribution in [0.2, 0.25) is 0 Å². The van der Waals surface area contributed by atoms with Gasteiger partial charge in [-0.15, -0.1) is 0 Å². The summed E-state index contributed by atoms with van der Waals surface area (Å²) in [5.41, 5.74) is 0.501. The number of aryl methyl sites for hydroxylation is 1. The second-order valence-corrected chi connectivity index (χ2v) is 4.14. The van der Waals surface area contributed by atoms with E-state index >= 15 is 0 Å². The fourth-order valence-corrected chi connectivity index (χ4v) is 1.71. The third kappa shape index (κ3) is 2.85. The van der Waals surface area contributed by atoms with E-state index in [1.807, 2.05) is 0 Å². The first-order valence-electron chi connectivity index (χ1n) is 5.53. The van der Waals surface area contributed by atoms with Crippen LogP contribution in [0, 0.1) is 12.7 Å². The molecule has 0 saturated heterocycles. The Hall–Kier alpha value is -2.50. The van der Waals surface area contributed by atoms with Gasteiger partial charge in [-0.1, -0.05) is 0 Å². The quantitative estimate of drug-likeness (QED) is 0.908. The summed E-state index contributed by atoms with van der Waals surface area (Å²) in [7, 11) is 0. The predicted octanol–water partition coefficient (Wildman–Crippen LogP) is 1.44. The van der Waals surface area contributed by atoms with Gasteiger partial charge in [-0.25, -0.2) is 13.9 Å². The number of rotatable bonds is 3. The summed E-state index contributed by atoms with van der Waals surface area (Å²) in [6, 6.07) is 4.72. The van der Waals surface area contributed by atoms with Gasteiger partial charge in [-0.2, -0.15) is 5.10 Å². The third-order valence-corrected chi connectivity index (χ3v) is 2.62. The van der Waals surface area contributed by atoms with Crippen LogP contribution in [-0.4, -0.2) is 20.9 Å². The first kappa shape index (κ1) is 12.9. The maximum absolute atomic E-state index is 13.2. The topological polar surface area (TPSA) is 72.2 Å². The fourth-order valence-electron chi connectivity index (χ4n) is 1.71. The van der Waals surface area contributed by atoms with Gasteiger partial charge < -0.3 is 5.11 Å². The number of aromatic nitrogens is 2. The van der Waals surface area contributed by atoms with Gasteiger partial charge in [-0.3, -0.25) is 4.79 Å². The van der Waals surface area contributed by atoms with Crippen LogP contribution in [-0.2, 0) is 6.54 Å². The summed E-state index contributed by atoms with van der Waals surface area (Å²) in [6.45, 7) is 1.64. The largest absolute Gasteiger partial charge is 0.478 e. The maximum atomic E-state index is 13.2. The van der Waals surface area contributed by atoms with E-state index < -0.39 is 11.8 Å². The predicted molar refractivity (Wildman–Crippen MR) is 65.7 cm³/mol. The van der Waals surface area contributed by atoms with E-state index in [0.717, 1.165) is 16.8 Å². The van der Waals surface area contributed by atoms with Crippen LogP contribution in [0.1, 0.15) is 21.5 Å². The number of carboxylic acids is 1. The Morgan fingerprint density at radius 2 is 2.16 bits per heavy atom. The smallest absolute Gasteiger partial charge is 0.336 e. The van der Waals surface area contributed by atoms with Crippen molar-refractivity contribution < 1.29 is 14.3 Å². The highest BCUT2D eigenvalue weighted by molar-refractivity contribution is 5.89. The zero-order valence-corrected chi connectivity index (χ0v) is 10.1. The molecule has 0 fully saturated rings. The highest BCUT2D eigenvalue weighted by Crippen LogP contribution is 2.12. The number of aromatic carboxylic acids is 1. The van der Waals surface area contributed by atoms with Gasteiger partial charge in [0.25, 0.3) is 5.56 Å². The highest BCUT2D eigenvalue weighted by atomic mass is 19.1. The minimum absolute atomic E-state index is 0.0457. The van der Waals surface area contributed by atoms with Crippen molar-refractivity contribution in [3.63, 3.8) is 0 Å². The average molecular weight is 262 g/mol. The Balaban J connectivity index is 2.45. The Bertz CT molecular complexity index is 695. The number of nitrogens with zero attached hydrogens (tertiary/aromatic N) is 2. The molecule has 0 atom stereocenters. The molecule has 6 heteroatoms. The van der Waals surface area contributed by atoms with Crippen molar-refractivity contribution in [3.8, 4) is 0 Å². The lowest BCUT2D eigenvalue weighted by atomic mass is 10.1. The molecular weight excluding hydrogens is 251 g/mol. The Morgan fingerprint density at radius 1 is 1.42 bits per heavy atom. The van der Waals surface area contributed by atoms with Gasteiger partial charge in [0.1, 0.15) is 5.82 Å². The van der Waals surface area contributed by atoms with Crippen molar-refractivity contribution in [2.45, 2.75) is 13.5 Å². The van der Waals surface area contributed by atoms with Crippen LogP contribution < -0.4 is 5.56 Å². The van der Waals surface area contributed by atoms with E-state index in [9.17, 15) is 14.0 Å². The molecule has 0 aliphatic rings. The van der Waals surface area contributed by atoms with Gasteiger partial charge in [0, 0.05) is 6.07 Å². The highest BCUT2D eigenvalue weighted by Gasteiger charge is 2.12. The molecule has 0 amide bonds. The van der Waals surface area contributed by atoms with Crippen LogP contribution in [0.3, 0.4) is 0 Å². The monoisotopic (exact) mass is 262 g/mol. The number of hydrogen-bond acceptors (Lipinski definition) is 3. The van der Waals surface area contributed by atoms with E-state index in [0.29, 0.717) is 5.56 Å². The van der Waals surface area contributed by atoms with Crippen molar-refractivity contribution >= 4 is 5.97 Å². The Morgan fingerprint density at radius 3 is 2.79 bits per heavy atom. The van der Waals surface area contributed by atoms with Crippen LogP contribution in [0.25, 0.3) is 0 Å². The zero-order valence-electron chi connectivity index (χ0n) is 10.1. The molecule has 0 spiro atoms. The maximum Gasteiger partial charge on any atom is 0.336 e. The van der Waals surface area contributed by atoms with Crippen molar-refractivity contribution in [1.82, 2.24) is 9.78 Å². The van der Waals surface area contributed by atoms with E-state index in [1.54, 1.807) is 6.92 Å². The van der Waals surface area contributed by atoms with Crippen LogP contribution in [0.5, 0.6) is 0 Å². The van der Waals surface area contributed by atoms with Crippen molar-refractivity contribution in [2.24, 2.45) is 0 Å². The molecule has 0 radical (unpaired) electrons. The molecule has 0 aliphatic heterocycles. The molecule has 1 N–H and O–H groups in total. The zero-order chi connectivity index (χ0) is 14.0. The number of carbonyl (C=O) groups is 1. The second-order valence-electron chi connectivity index (χ2n) is 4.14. The summed E-state index contributed by atoms with van der Waals surface area (Å²) in [6.07, 6.45) is 1.49. The number of hydrogen-bond donors (Lipinski definition) is 1. The summed E-state index contributed by atoms with van der Waals surface area (Å²) in [4.78, 5) is 22.7. The minimum atomic E-state index is -1.17. The first-order valence-corrected chi connectivity index (χ1v) is 5.53. The van der Waals surface area contributed by atoms with Crippen molar-refractivity contribution in [1.29, 1.82) is 0 Å². The standard InChI is InChI=1S/C13H11FN2O3/c1-8-4-12(17)16(15-6-8)7-9-5-10(14)2-3-11(9)13(18)19/h2-6H,7H2,1H3,(H,18,19). The van der Waals surface area contributed by atoms with Gasteiger partial charge in [0.15, 0.2) is 0 Å². The van der Waals surface area contributed by atoms with E-state index in [-0.39, 0.29) is 23.2 Å². The van der Waals surface area contributed by atoms with Crippen LogP contribution in [0.15, 0.2) is 35.3 Å². The molecule has 0 bridgehead atoms. The molecule has 1 heterocycles. The Kier molecular flexibility index (Phi) is 3.41. The van der Waals surface area contributed by atoms with Crippen LogP contribution >= 0.6 is 0 Å². The second kappa shape index (κ2) is 5.01. The third-order valence-electron chi connectivity index (χ3n) is 2.62. The molecule has 5 nitrogen and oxygen atoms in total. The lowest BCUT2D eigenvalue weighted by molar-refractivity contribution is 0.0695. The Labute approximate surface area is 107 Å². The summed E-state index contributed by atoms with van der Waals surface area (Å²) < 4.78 is 14.3. The molecule has 98 valence electrons. The van der Waals surface area contributed by atoms with Gasteiger partial charge >= 0.3 is 5.97 Å². The molecule has 0 saturated carbocycles. The first-order chi connectivity index (χ1) is 8.97. The summed E-state index contributed by atoms with van der Waals surface area (Å²) >= 11 is 0. The van der Waals surface area contributed by atoms with Gasteiger partial charge in [-0.05, 0) is 36.2 Å². The fraction of sp³-hybridized carbons (Fsp3) is 0.154. The normalized spacial score (nSPS) is 10.4.